The lowest BCUT2D eigenvalue weighted by Gasteiger charge is -2.06. The lowest BCUT2D eigenvalue weighted by atomic mass is 10.1. The number of carbonyl (C=O) groups excluding carboxylic acids is 3. The minimum atomic E-state index is -0.771. The van der Waals surface area contributed by atoms with Gasteiger partial charge in [-0.1, -0.05) is 0 Å². The summed E-state index contributed by atoms with van der Waals surface area (Å²) in [6.45, 7) is 0. The average Bonchev–Trinajstić information content (AvgIpc) is 2.43. The van der Waals surface area contributed by atoms with Crippen LogP contribution in [0.3, 0.4) is 0 Å². The minimum Gasteiger partial charge on any atom is -0.290 e. The summed E-state index contributed by atoms with van der Waals surface area (Å²) in [5.41, 5.74) is 5.01. The topological polar surface area (TPSA) is 178 Å². The zero-order valence-electron chi connectivity index (χ0n) is 9.06. The Hall–Kier alpha value is -2.56. The highest BCUT2D eigenvalue weighted by Gasteiger charge is 2.16. The molecule has 0 fully saturated rings. The number of amides is 3. The van der Waals surface area contributed by atoms with Gasteiger partial charge in [-0.05, 0) is 12.1 Å². The van der Waals surface area contributed by atoms with Crippen LogP contribution in [0.5, 0.6) is 0 Å². The Morgan fingerprint density at radius 2 is 1.22 bits per heavy atom. The standard InChI is InChI=1S/C8H11N7O3/c9-13-6(16)3-1-4(7(17)14-10)12-5(2-3)8(18)15-11/h1-2H,9-11H2,(H,13,16)(H,14,17)(H,15,18). The van der Waals surface area contributed by atoms with Crippen molar-refractivity contribution >= 4 is 17.7 Å². The molecule has 0 bridgehead atoms. The van der Waals surface area contributed by atoms with Crippen LogP contribution in [0.1, 0.15) is 31.3 Å². The van der Waals surface area contributed by atoms with Gasteiger partial charge in [-0.15, -0.1) is 0 Å². The van der Waals surface area contributed by atoms with Crippen LogP contribution < -0.4 is 33.8 Å². The normalized spacial score (nSPS) is 9.50. The summed E-state index contributed by atoms with van der Waals surface area (Å²) < 4.78 is 0. The highest BCUT2D eigenvalue weighted by molar-refractivity contribution is 6.01. The lowest BCUT2D eigenvalue weighted by molar-refractivity contribution is 0.0944. The lowest BCUT2D eigenvalue weighted by Crippen LogP contribution is -2.35. The molecular weight excluding hydrogens is 242 g/mol. The van der Waals surface area contributed by atoms with Crippen molar-refractivity contribution in [2.45, 2.75) is 0 Å². The first kappa shape index (κ1) is 13.5. The highest BCUT2D eigenvalue weighted by atomic mass is 16.2. The third kappa shape index (κ3) is 2.76. The predicted octanol–water partition coefficient (Wildman–Crippen LogP) is -3.11. The van der Waals surface area contributed by atoms with E-state index in [9.17, 15) is 14.4 Å². The number of nitrogens with two attached hydrogens (primary N) is 3. The van der Waals surface area contributed by atoms with Gasteiger partial charge in [0.25, 0.3) is 17.7 Å². The number of carbonyl (C=O) groups is 3. The van der Waals surface area contributed by atoms with E-state index >= 15 is 0 Å². The van der Waals surface area contributed by atoms with E-state index in [-0.39, 0.29) is 17.0 Å². The van der Waals surface area contributed by atoms with Gasteiger partial charge in [-0.3, -0.25) is 30.7 Å². The summed E-state index contributed by atoms with van der Waals surface area (Å²) in [5, 5.41) is 0. The van der Waals surface area contributed by atoms with E-state index in [1.165, 1.54) is 0 Å². The van der Waals surface area contributed by atoms with E-state index in [0.717, 1.165) is 12.1 Å². The third-order valence-corrected chi connectivity index (χ3v) is 1.95. The number of hydrazine groups is 3. The molecule has 9 N–H and O–H groups in total. The molecule has 0 aromatic carbocycles. The van der Waals surface area contributed by atoms with Gasteiger partial charge in [0.2, 0.25) is 0 Å². The van der Waals surface area contributed by atoms with Crippen LogP contribution in [0, 0.1) is 0 Å². The second-order valence-corrected chi connectivity index (χ2v) is 3.05. The van der Waals surface area contributed by atoms with Crippen molar-refractivity contribution in [1.29, 1.82) is 0 Å². The smallest absolute Gasteiger partial charge is 0.283 e. The first-order valence-corrected chi connectivity index (χ1v) is 4.58. The number of nitrogen functional groups attached to an aromatic ring is 3. The predicted molar refractivity (Wildman–Crippen MR) is 59.2 cm³/mol. The SMILES string of the molecule is NNC(=O)c1cc(C(=O)NN)nc(C(=O)NN)c1. The summed E-state index contributed by atoms with van der Waals surface area (Å²) in [6, 6.07) is 2.25. The second kappa shape index (κ2) is 5.67. The minimum absolute atomic E-state index is 0.0373. The Morgan fingerprint density at radius 1 is 0.833 bits per heavy atom. The molecule has 3 amide bonds. The summed E-state index contributed by atoms with van der Waals surface area (Å²) in [7, 11) is 0. The molecule has 0 atom stereocenters. The summed E-state index contributed by atoms with van der Waals surface area (Å²) in [4.78, 5) is 37.7. The summed E-state index contributed by atoms with van der Waals surface area (Å²) in [6.07, 6.45) is 0. The zero-order chi connectivity index (χ0) is 13.7. The van der Waals surface area contributed by atoms with Crippen LogP contribution in [-0.4, -0.2) is 22.7 Å². The molecule has 0 unspecified atom stereocenters. The van der Waals surface area contributed by atoms with Gasteiger partial charge in [0.15, 0.2) is 0 Å². The second-order valence-electron chi connectivity index (χ2n) is 3.05. The number of pyridine rings is 1. The van der Waals surface area contributed by atoms with Crippen LogP contribution in [0.25, 0.3) is 0 Å². The van der Waals surface area contributed by atoms with Gasteiger partial charge in [0, 0.05) is 5.56 Å². The third-order valence-electron chi connectivity index (χ3n) is 1.95. The molecule has 1 aromatic heterocycles. The van der Waals surface area contributed by atoms with Gasteiger partial charge in [0.05, 0.1) is 0 Å². The van der Waals surface area contributed by atoms with Gasteiger partial charge >= 0.3 is 0 Å². The Kier molecular flexibility index (Phi) is 4.26. The van der Waals surface area contributed by atoms with Crippen molar-refractivity contribution in [3.05, 3.63) is 29.1 Å². The van der Waals surface area contributed by atoms with Crippen LogP contribution in [0.15, 0.2) is 12.1 Å². The molecule has 0 spiro atoms. The molecule has 10 heteroatoms. The van der Waals surface area contributed by atoms with E-state index in [1.54, 1.807) is 0 Å². The average molecular weight is 253 g/mol. The quantitative estimate of drug-likeness (QED) is 0.187. The fourth-order valence-corrected chi connectivity index (χ4v) is 1.13. The molecule has 0 radical (unpaired) electrons. The molecule has 0 aliphatic heterocycles. The molecule has 1 rings (SSSR count). The van der Waals surface area contributed by atoms with Crippen LogP contribution in [0.4, 0.5) is 0 Å². The fraction of sp³-hybridized carbons (Fsp3) is 0. The largest absolute Gasteiger partial charge is 0.290 e. The molecule has 10 nitrogen and oxygen atoms in total. The zero-order valence-corrected chi connectivity index (χ0v) is 9.06. The number of hydrogen-bond acceptors (Lipinski definition) is 7. The number of hydrogen-bond donors (Lipinski definition) is 6. The van der Waals surface area contributed by atoms with Crippen LogP contribution in [0.2, 0.25) is 0 Å². The monoisotopic (exact) mass is 253 g/mol. The van der Waals surface area contributed by atoms with E-state index in [1.807, 2.05) is 16.3 Å². The van der Waals surface area contributed by atoms with E-state index < -0.39 is 17.7 Å². The van der Waals surface area contributed by atoms with Gasteiger partial charge < -0.3 is 0 Å². The van der Waals surface area contributed by atoms with Crippen molar-refractivity contribution in [3.63, 3.8) is 0 Å². The molecule has 0 saturated heterocycles. The van der Waals surface area contributed by atoms with Gasteiger partial charge in [-0.2, -0.15) is 0 Å². The number of nitrogens with zero attached hydrogens (tertiary/aromatic N) is 1. The van der Waals surface area contributed by atoms with Crippen molar-refractivity contribution in [2.75, 3.05) is 0 Å². The van der Waals surface area contributed by atoms with Crippen molar-refractivity contribution in [2.24, 2.45) is 17.5 Å². The van der Waals surface area contributed by atoms with E-state index in [2.05, 4.69) is 4.98 Å². The molecule has 18 heavy (non-hydrogen) atoms. The molecule has 1 aromatic rings. The molecule has 0 saturated carbocycles. The number of rotatable bonds is 3. The molecule has 1 heterocycles. The molecule has 0 aliphatic rings. The first-order chi connectivity index (χ1) is 8.53. The molecule has 96 valence electrons. The summed E-state index contributed by atoms with van der Waals surface area (Å²) in [5.74, 6) is 12.6. The van der Waals surface area contributed by atoms with Gasteiger partial charge in [0.1, 0.15) is 11.4 Å². The first-order valence-electron chi connectivity index (χ1n) is 4.58. The Bertz CT molecular complexity index is 418. The maximum atomic E-state index is 11.3. The van der Waals surface area contributed by atoms with E-state index in [4.69, 9.17) is 17.5 Å². The molecular formula is C8H11N7O3. The Labute approximate surface area is 101 Å². The van der Waals surface area contributed by atoms with Crippen LogP contribution >= 0.6 is 0 Å². The van der Waals surface area contributed by atoms with Crippen molar-refractivity contribution in [3.8, 4) is 0 Å². The maximum absolute atomic E-state index is 11.3. The summed E-state index contributed by atoms with van der Waals surface area (Å²) >= 11 is 0. The van der Waals surface area contributed by atoms with Crippen molar-refractivity contribution < 1.29 is 14.4 Å². The highest BCUT2D eigenvalue weighted by Crippen LogP contribution is 2.06. The maximum Gasteiger partial charge on any atom is 0.283 e. The number of nitrogens with one attached hydrogen (secondary N) is 3. The number of aromatic nitrogens is 1. The molecule has 0 aliphatic carbocycles. The Morgan fingerprint density at radius 3 is 1.56 bits per heavy atom. The van der Waals surface area contributed by atoms with Crippen molar-refractivity contribution in [1.82, 2.24) is 21.3 Å². The van der Waals surface area contributed by atoms with Crippen LogP contribution in [-0.2, 0) is 0 Å². The van der Waals surface area contributed by atoms with E-state index in [0.29, 0.717) is 0 Å². The fourth-order valence-electron chi connectivity index (χ4n) is 1.13. The Balaban J connectivity index is 3.32. The van der Waals surface area contributed by atoms with Gasteiger partial charge in [-0.25, -0.2) is 22.5 Å².